The van der Waals surface area contributed by atoms with Crippen molar-refractivity contribution in [3.8, 4) is 12.1 Å². The van der Waals surface area contributed by atoms with E-state index in [1.54, 1.807) is 36.4 Å². The molecule has 0 spiro atoms. The molecule has 0 saturated carbocycles. The lowest BCUT2D eigenvalue weighted by molar-refractivity contribution is 0.0697. The van der Waals surface area contributed by atoms with Crippen molar-refractivity contribution in [2.45, 2.75) is 6.61 Å². The summed E-state index contributed by atoms with van der Waals surface area (Å²) in [6.45, 7) is -0.00444. The molecule has 0 radical (unpaired) electrons. The van der Waals surface area contributed by atoms with Crippen molar-refractivity contribution in [1.82, 2.24) is 0 Å². The SMILES string of the molecule is N#Cc1cccc(C(=O)O)c1.N#Cc1cccc(CO)c1. The third-order valence-corrected chi connectivity index (χ3v) is 2.48. The van der Waals surface area contributed by atoms with Gasteiger partial charge in [0.1, 0.15) is 0 Å². The van der Waals surface area contributed by atoms with E-state index in [1.165, 1.54) is 12.1 Å². The first-order valence-corrected chi connectivity index (χ1v) is 5.94. The summed E-state index contributed by atoms with van der Waals surface area (Å²) in [5.41, 5.74) is 1.87. The van der Waals surface area contributed by atoms with Crippen LogP contribution in [0.1, 0.15) is 27.0 Å². The number of nitriles is 2. The van der Waals surface area contributed by atoms with E-state index in [1.807, 2.05) is 12.1 Å². The minimum atomic E-state index is -1.01. The number of aliphatic hydroxyl groups excluding tert-OH is 1. The quantitative estimate of drug-likeness (QED) is 0.878. The second-order valence-corrected chi connectivity index (χ2v) is 3.97. The summed E-state index contributed by atoms with van der Waals surface area (Å²) in [5, 5.41) is 34.0. The molecule has 2 aromatic carbocycles. The molecule has 2 aromatic rings. The van der Waals surface area contributed by atoms with Gasteiger partial charge >= 0.3 is 5.97 Å². The molecule has 21 heavy (non-hydrogen) atoms. The Labute approximate surface area is 121 Å². The molecule has 0 heterocycles. The highest BCUT2D eigenvalue weighted by molar-refractivity contribution is 5.87. The molecular weight excluding hydrogens is 268 g/mol. The Morgan fingerprint density at radius 1 is 1.00 bits per heavy atom. The van der Waals surface area contributed by atoms with Crippen LogP contribution in [0.25, 0.3) is 0 Å². The Hall–Kier alpha value is -3.15. The second-order valence-electron chi connectivity index (χ2n) is 3.97. The van der Waals surface area contributed by atoms with Crippen LogP contribution in [0.5, 0.6) is 0 Å². The summed E-state index contributed by atoms with van der Waals surface area (Å²) in [4.78, 5) is 10.4. The van der Waals surface area contributed by atoms with Crippen LogP contribution in [-0.4, -0.2) is 16.2 Å². The number of hydrogen-bond donors (Lipinski definition) is 2. The molecule has 0 saturated heterocycles. The molecule has 0 amide bonds. The lowest BCUT2D eigenvalue weighted by Crippen LogP contribution is -1.95. The first kappa shape index (κ1) is 15.9. The van der Waals surface area contributed by atoms with Gasteiger partial charge < -0.3 is 10.2 Å². The number of hydrogen-bond acceptors (Lipinski definition) is 4. The monoisotopic (exact) mass is 280 g/mol. The molecule has 0 aliphatic heterocycles. The van der Waals surface area contributed by atoms with Crippen LogP contribution < -0.4 is 0 Å². The van der Waals surface area contributed by atoms with Crippen LogP contribution in [-0.2, 0) is 6.61 Å². The first-order valence-electron chi connectivity index (χ1n) is 5.94. The molecule has 0 bridgehead atoms. The van der Waals surface area contributed by atoms with Gasteiger partial charge in [-0.2, -0.15) is 10.5 Å². The zero-order chi connectivity index (χ0) is 15.7. The second kappa shape index (κ2) is 8.11. The standard InChI is InChI=1S/C8H5NO2.C8H7NO/c9-5-6-2-1-3-7(4-6)8(10)11;9-5-7-2-1-3-8(4-7)6-10/h1-4H,(H,10,11);1-4,10H,6H2. The smallest absolute Gasteiger partial charge is 0.335 e. The van der Waals surface area contributed by atoms with Gasteiger partial charge in [0.05, 0.1) is 35.4 Å². The number of carbonyl (C=O) groups is 1. The van der Waals surface area contributed by atoms with Crippen LogP contribution in [0.2, 0.25) is 0 Å². The highest BCUT2D eigenvalue weighted by Crippen LogP contribution is 2.03. The fourth-order valence-corrected chi connectivity index (χ4v) is 1.46. The molecule has 0 fully saturated rings. The van der Waals surface area contributed by atoms with Gasteiger partial charge in [0.25, 0.3) is 0 Å². The summed E-state index contributed by atoms with van der Waals surface area (Å²) in [7, 11) is 0. The summed E-state index contributed by atoms with van der Waals surface area (Å²) in [6.07, 6.45) is 0. The van der Waals surface area contributed by atoms with Gasteiger partial charge in [0.15, 0.2) is 0 Å². The fourth-order valence-electron chi connectivity index (χ4n) is 1.46. The predicted molar refractivity (Wildman–Crippen MR) is 75.2 cm³/mol. The number of aromatic carboxylic acids is 1. The Balaban J connectivity index is 0.000000211. The molecule has 0 aliphatic rings. The Bertz CT molecular complexity index is 712. The third kappa shape index (κ3) is 5.15. The van der Waals surface area contributed by atoms with Crippen molar-refractivity contribution in [2.24, 2.45) is 0 Å². The highest BCUT2D eigenvalue weighted by atomic mass is 16.4. The molecule has 5 heteroatoms. The largest absolute Gasteiger partial charge is 0.478 e. The van der Waals surface area contributed by atoms with Gasteiger partial charge in [-0.3, -0.25) is 0 Å². The topological polar surface area (TPSA) is 105 Å². The molecule has 2 N–H and O–H groups in total. The zero-order valence-corrected chi connectivity index (χ0v) is 11.0. The van der Waals surface area contributed by atoms with Crippen molar-refractivity contribution in [1.29, 1.82) is 10.5 Å². The number of benzene rings is 2. The first-order chi connectivity index (χ1) is 10.1. The average Bonchev–Trinajstić information content (AvgIpc) is 2.55. The maximum atomic E-state index is 10.4. The number of carboxylic acid groups (broad SMARTS) is 1. The summed E-state index contributed by atoms with van der Waals surface area (Å²) in [6, 6.07) is 16.6. The maximum Gasteiger partial charge on any atom is 0.335 e. The van der Waals surface area contributed by atoms with Crippen molar-refractivity contribution in [3.63, 3.8) is 0 Å². The molecular formula is C16H12N2O3. The summed E-state index contributed by atoms with van der Waals surface area (Å²) >= 11 is 0. The molecule has 104 valence electrons. The Morgan fingerprint density at radius 3 is 2.10 bits per heavy atom. The van der Waals surface area contributed by atoms with Crippen LogP contribution in [0, 0.1) is 22.7 Å². The van der Waals surface area contributed by atoms with Gasteiger partial charge in [-0.1, -0.05) is 18.2 Å². The van der Waals surface area contributed by atoms with E-state index in [4.69, 9.17) is 20.7 Å². The molecule has 0 aromatic heterocycles. The van der Waals surface area contributed by atoms with Gasteiger partial charge in [0, 0.05) is 0 Å². The molecule has 2 rings (SSSR count). The summed E-state index contributed by atoms with van der Waals surface area (Å²) < 4.78 is 0. The average molecular weight is 280 g/mol. The van der Waals surface area contributed by atoms with Crippen LogP contribution in [0.15, 0.2) is 48.5 Å². The lowest BCUT2D eigenvalue weighted by atomic mass is 10.1. The Kier molecular flexibility index (Phi) is 6.14. The molecule has 0 aliphatic carbocycles. The lowest BCUT2D eigenvalue weighted by Gasteiger charge is -1.93. The van der Waals surface area contributed by atoms with E-state index in [2.05, 4.69) is 0 Å². The van der Waals surface area contributed by atoms with Crippen LogP contribution in [0.4, 0.5) is 0 Å². The van der Waals surface area contributed by atoms with Crippen molar-refractivity contribution in [2.75, 3.05) is 0 Å². The highest BCUT2D eigenvalue weighted by Gasteiger charge is 2.01. The minimum Gasteiger partial charge on any atom is -0.478 e. The van der Waals surface area contributed by atoms with E-state index in [9.17, 15) is 4.79 Å². The van der Waals surface area contributed by atoms with E-state index >= 15 is 0 Å². The van der Waals surface area contributed by atoms with Crippen LogP contribution in [0.3, 0.4) is 0 Å². The Morgan fingerprint density at radius 2 is 1.57 bits per heavy atom. The van der Waals surface area contributed by atoms with E-state index in [0.717, 1.165) is 5.56 Å². The normalized spacial score (nSPS) is 8.71. The number of rotatable bonds is 2. The van der Waals surface area contributed by atoms with Crippen molar-refractivity contribution < 1.29 is 15.0 Å². The van der Waals surface area contributed by atoms with Crippen LogP contribution >= 0.6 is 0 Å². The van der Waals surface area contributed by atoms with E-state index in [0.29, 0.717) is 11.1 Å². The third-order valence-electron chi connectivity index (χ3n) is 2.48. The summed E-state index contributed by atoms with van der Waals surface area (Å²) in [5.74, 6) is -1.01. The zero-order valence-electron chi connectivity index (χ0n) is 11.0. The van der Waals surface area contributed by atoms with Crippen molar-refractivity contribution in [3.05, 3.63) is 70.8 Å². The molecule has 5 nitrogen and oxygen atoms in total. The molecule has 0 unspecified atom stereocenters. The van der Waals surface area contributed by atoms with Gasteiger partial charge in [-0.25, -0.2) is 4.79 Å². The predicted octanol–water partition coefficient (Wildman–Crippen LogP) is 2.31. The number of nitrogens with zero attached hydrogens (tertiary/aromatic N) is 2. The minimum absolute atomic E-state index is 0.00444. The van der Waals surface area contributed by atoms with Gasteiger partial charge in [-0.05, 0) is 35.9 Å². The van der Waals surface area contributed by atoms with E-state index < -0.39 is 5.97 Å². The molecule has 0 atom stereocenters. The van der Waals surface area contributed by atoms with Gasteiger partial charge in [0.2, 0.25) is 0 Å². The number of aliphatic hydroxyl groups is 1. The van der Waals surface area contributed by atoms with Crippen molar-refractivity contribution >= 4 is 5.97 Å². The maximum absolute atomic E-state index is 10.4. The van der Waals surface area contributed by atoms with E-state index in [-0.39, 0.29) is 12.2 Å². The van der Waals surface area contributed by atoms with Gasteiger partial charge in [-0.15, -0.1) is 0 Å². The fraction of sp³-hybridized carbons (Fsp3) is 0.0625. The number of carboxylic acids is 1.